The number of rotatable bonds is 4. The summed E-state index contributed by atoms with van der Waals surface area (Å²) >= 11 is 0.958. The molecule has 0 saturated heterocycles. The average molecular weight is 297 g/mol. The third kappa shape index (κ3) is 4.03. The molecule has 0 aliphatic heterocycles. The van der Waals surface area contributed by atoms with Crippen molar-refractivity contribution in [2.24, 2.45) is 0 Å². The number of thioether (sulfide) groups is 1. The van der Waals surface area contributed by atoms with E-state index in [2.05, 4.69) is 5.32 Å². The van der Waals surface area contributed by atoms with Crippen LogP contribution in [0.3, 0.4) is 0 Å². The molecule has 0 aliphatic rings. The molecule has 0 aliphatic carbocycles. The molecule has 1 N–H and O–H groups in total. The van der Waals surface area contributed by atoms with Gasteiger partial charge in [-0.3, -0.25) is 4.79 Å². The summed E-state index contributed by atoms with van der Waals surface area (Å²) in [6.45, 7) is 0. The Balaban J connectivity index is 1.90. The van der Waals surface area contributed by atoms with Gasteiger partial charge in [0.15, 0.2) is 0 Å². The van der Waals surface area contributed by atoms with E-state index < -0.39 is 17.5 Å². The highest BCUT2D eigenvalue weighted by atomic mass is 32.2. The van der Waals surface area contributed by atoms with Gasteiger partial charge in [0.2, 0.25) is 5.91 Å². The Bertz CT molecular complexity index is 616. The molecule has 0 saturated carbocycles. The molecular formula is C14H10F3NOS. The number of anilines is 1. The predicted octanol–water partition coefficient (Wildman–Crippen LogP) is 3.83. The summed E-state index contributed by atoms with van der Waals surface area (Å²) in [5.41, 5.74) is 0.455. The minimum absolute atomic E-state index is 0.0278. The van der Waals surface area contributed by atoms with E-state index in [1.165, 1.54) is 30.3 Å². The maximum Gasteiger partial charge on any atom is 0.234 e. The monoisotopic (exact) mass is 297 g/mol. The van der Waals surface area contributed by atoms with Gasteiger partial charge < -0.3 is 5.32 Å². The second kappa shape index (κ2) is 6.47. The average Bonchev–Trinajstić information content (AvgIpc) is 2.40. The summed E-state index contributed by atoms with van der Waals surface area (Å²) in [6.07, 6.45) is 0. The van der Waals surface area contributed by atoms with Gasteiger partial charge in [0.25, 0.3) is 0 Å². The standard InChI is InChI=1S/C14H10F3NOS/c15-9-1-4-11(5-2-9)18-14(19)8-20-13-6-3-10(16)7-12(13)17/h1-7H,8H2,(H,18,19). The largest absolute Gasteiger partial charge is 0.325 e. The van der Waals surface area contributed by atoms with E-state index in [0.29, 0.717) is 5.69 Å². The number of hydrogen-bond donors (Lipinski definition) is 1. The van der Waals surface area contributed by atoms with Crippen LogP contribution in [0.4, 0.5) is 18.9 Å². The minimum atomic E-state index is -0.704. The summed E-state index contributed by atoms with van der Waals surface area (Å²) in [6, 6.07) is 8.47. The molecule has 20 heavy (non-hydrogen) atoms. The first kappa shape index (κ1) is 14.5. The Morgan fingerprint density at radius 2 is 1.65 bits per heavy atom. The van der Waals surface area contributed by atoms with Gasteiger partial charge in [-0.1, -0.05) is 0 Å². The molecule has 6 heteroatoms. The highest BCUT2D eigenvalue weighted by molar-refractivity contribution is 8.00. The molecule has 0 spiro atoms. The zero-order chi connectivity index (χ0) is 14.5. The second-order valence-electron chi connectivity index (χ2n) is 3.92. The van der Waals surface area contributed by atoms with E-state index in [9.17, 15) is 18.0 Å². The number of nitrogens with one attached hydrogen (secondary N) is 1. The Kier molecular flexibility index (Phi) is 4.68. The normalized spacial score (nSPS) is 10.3. The lowest BCUT2D eigenvalue weighted by molar-refractivity contribution is -0.113. The van der Waals surface area contributed by atoms with E-state index >= 15 is 0 Å². The van der Waals surface area contributed by atoms with E-state index in [1.54, 1.807) is 0 Å². The van der Waals surface area contributed by atoms with Crippen LogP contribution in [-0.2, 0) is 4.79 Å². The van der Waals surface area contributed by atoms with E-state index in [4.69, 9.17) is 0 Å². The topological polar surface area (TPSA) is 29.1 Å². The maximum atomic E-state index is 13.3. The summed E-state index contributed by atoms with van der Waals surface area (Å²) in [5, 5.41) is 2.55. The second-order valence-corrected chi connectivity index (χ2v) is 4.94. The maximum absolute atomic E-state index is 13.3. The molecule has 0 aromatic heterocycles. The van der Waals surface area contributed by atoms with Crippen LogP contribution in [0.5, 0.6) is 0 Å². The van der Waals surface area contributed by atoms with Crippen molar-refractivity contribution in [2.75, 3.05) is 11.1 Å². The van der Waals surface area contributed by atoms with E-state index in [-0.39, 0.29) is 16.6 Å². The van der Waals surface area contributed by atoms with Crippen molar-refractivity contribution in [1.82, 2.24) is 0 Å². The molecule has 2 nitrogen and oxygen atoms in total. The van der Waals surface area contributed by atoms with Gasteiger partial charge in [-0.25, -0.2) is 13.2 Å². The molecule has 2 aromatic carbocycles. The van der Waals surface area contributed by atoms with Crippen molar-refractivity contribution in [2.45, 2.75) is 4.90 Å². The molecule has 0 fully saturated rings. The molecule has 1 amide bonds. The third-order valence-corrected chi connectivity index (χ3v) is 3.43. The molecule has 0 unspecified atom stereocenters. The fourth-order valence-corrected chi connectivity index (χ4v) is 2.19. The zero-order valence-corrected chi connectivity index (χ0v) is 11.0. The van der Waals surface area contributed by atoms with Crippen LogP contribution in [-0.4, -0.2) is 11.7 Å². The van der Waals surface area contributed by atoms with Gasteiger partial charge >= 0.3 is 0 Å². The lowest BCUT2D eigenvalue weighted by atomic mass is 10.3. The highest BCUT2D eigenvalue weighted by Gasteiger charge is 2.08. The summed E-state index contributed by atoms with van der Waals surface area (Å²) < 4.78 is 38.7. The lowest BCUT2D eigenvalue weighted by Crippen LogP contribution is -2.14. The van der Waals surface area contributed by atoms with Crippen LogP contribution in [0.1, 0.15) is 0 Å². The molecule has 2 rings (SSSR count). The van der Waals surface area contributed by atoms with Gasteiger partial charge in [-0.05, 0) is 36.4 Å². The van der Waals surface area contributed by atoms with Gasteiger partial charge in [-0.15, -0.1) is 11.8 Å². The van der Waals surface area contributed by atoms with Crippen LogP contribution in [0.15, 0.2) is 47.4 Å². The van der Waals surface area contributed by atoms with Crippen molar-refractivity contribution in [1.29, 1.82) is 0 Å². The molecule has 0 radical (unpaired) electrons. The van der Waals surface area contributed by atoms with Crippen molar-refractivity contribution in [3.8, 4) is 0 Å². The SMILES string of the molecule is O=C(CSc1ccc(F)cc1F)Nc1ccc(F)cc1. The highest BCUT2D eigenvalue weighted by Crippen LogP contribution is 2.22. The Labute approximate surface area is 118 Å². The first-order valence-electron chi connectivity index (χ1n) is 5.68. The summed E-state index contributed by atoms with van der Waals surface area (Å²) in [5.74, 6) is -2.15. The molecule has 0 heterocycles. The van der Waals surface area contributed by atoms with Gasteiger partial charge in [0, 0.05) is 16.6 Å². The molecule has 2 aromatic rings. The van der Waals surface area contributed by atoms with Gasteiger partial charge in [0.1, 0.15) is 17.5 Å². The predicted molar refractivity (Wildman–Crippen MR) is 72.1 cm³/mol. The van der Waals surface area contributed by atoms with Crippen LogP contribution >= 0.6 is 11.8 Å². The smallest absolute Gasteiger partial charge is 0.234 e. The third-order valence-electron chi connectivity index (χ3n) is 2.38. The van der Waals surface area contributed by atoms with Crippen LogP contribution in [0.2, 0.25) is 0 Å². The minimum Gasteiger partial charge on any atom is -0.325 e. The van der Waals surface area contributed by atoms with Crippen molar-refractivity contribution in [3.63, 3.8) is 0 Å². The number of hydrogen-bond acceptors (Lipinski definition) is 2. The first-order valence-corrected chi connectivity index (χ1v) is 6.66. The fraction of sp³-hybridized carbons (Fsp3) is 0.0714. The van der Waals surface area contributed by atoms with Crippen molar-refractivity contribution < 1.29 is 18.0 Å². The number of carbonyl (C=O) groups is 1. The lowest BCUT2D eigenvalue weighted by Gasteiger charge is -2.05. The Morgan fingerprint density at radius 3 is 2.30 bits per heavy atom. The van der Waals surface area contributed by atoms with Crippen molar-refractivity contribution in [3.05, 3.63) is 59.9 Å². The quantitative estimate of drug-likeness (QED) is 0.869. The number of halogens is 3. The molecular weight excluding hydrogens is 287 g/mol. The van der Waals surface area contributed by atoms with Crippen LogP contribution < -0.4 is 5.32 Å². The zero-order valence-electron chi connectivity index (χ0n) is 10.2. The van der Waals surface area contributed by atoms with Crippen LogP contribution in [0.25, 0.3) is 0 Å². The van der Waals surface area contributed by atoms with Gasteiger partial charge in [-0.2, -0.15) is 0 Å². The van der Waals surface area contributed by atoms with Crippen molar-refractivity contribution >= 4 is 23.4 Å². The van der Waals surface area contributed by atoms with Gasteiger partial charge in [0.05, 0.1) is 5.75 Å². The Hall–Kier alpha value is -1.95. The first-order chi connectivity index (χ1) is 9.54. The molecule has 0 bridgehead atoms. The summed E-state index contributed by atoms with van der Waals surface area (Å²) in [7, 11) is 0. The summed E-state index contributed by atoms with van der Waals surface area (Å²) in [4.78, 5) is 11.8. The fourth-order valence-electron chi connectivity index (χ4n) is 1.47. The number of amides is 1. The van der Waals surface area contributed by atoms with E-state index in [1.807, 2.05) is 0 Å². The number of benzene rings is 2. The Morgan fingerprint density at radius 1 is 1.00 bits per heavy atom. The number of carbonyl (C=O) groups excluding carboxylic acids is 1. The van der Waals surface area contributed by atoms with E-state index in [0.717, 1.165) is 23.9 Å². The molecule has 104 valence electrons. The van der Waals surface area contributed by atoms with Crippen LogP contribution in [0, 0.1) is 17.5 Å². The molecule has 0 atom stereocenters.